The molecule has 1 rings (SSSR count). The molecule has 1 atom stereocenters. The molecule has 0 aromatic heterocycles. The van der Waals surface area contributed by atoms with Crippen LogP contribution in [0.5, 0.6) is 0 Å². The predicted octanol–water partition coefficient (Wildman–Crippen LogP) is 0.836. The number of urea groups is 1. The maximum Gasteiger partial charge on any atom is 0.314 e. The number of carbonyl (C=O) groups excluding carboxylic acids is 1. The molecule has 4 heteroatoms. The number of amides is 2. The van der Waals surface area contributed by atoms with Gasteiger partial charge in [0, 0.05) is 18.6 Å². The minimum absolute atomic E-state index is 0.0541. The number of nitrogens with one attached hydrogen (secondary N) is 3. The summed E-state index contributed by atoms with van der Waals surface area (Å²) in [5.74, 6) is 0. The first kappa shape index (κ1) is 11.3. The third kappa shape index (κ3) is 4.46. The van der Waals surface area contributed by atoms with Crippen LogP contribution in [0.4, 0.5) is 4.79 Å². The fourth-order valence-electron chi connectivity index (χ4n) is 1.46. The van der Waals surface area contributed by atoms with E-state index in [1.54, 1.807) is 0 Å². The Hall–Kier alpha value is -0.770. The van der Waals surface area contributed by atoms with E-state index in [2.05, 4.69) is 16.0 Å². The molecule has 0 saturated carbocycles. The number of carbonyl (C=O) groups is 1. The zero-order valence-corrected chi connectivity index (χ0v) is 9.10. The van der Waals surface area contributed by atoms with Gasteiger partial charge in [-0.05, 0) is 39.7 Å². The fourth-order valence-corrected chi connectivity index (χ4v) is 1.46. The molecule has 14 heavy (non-hydrogen) atoms. The Kier molecular flexibility index (Phi) is 4.73. The summed E-state index contributed by atoms with van der Waals surface area (Å²) < 4.78 is 0. The van der Waals surface area contributed by atoms with Crippen LogP contribution in [-0.4, -0.2) is 31.2 Å². The summed E-state index contributed by atoms with van der Waals surface area (Å²) in [6, 6.07) is 0.856. The second-order valence-electron chi connectivity index (χ2n) is 4.14. The van der Waals surface area contributed by atoms with E-state index in [0.717, 1.165) is 19.5 Å². The van der Waals surface area contributed by atoms with Crippen LogP contribution in [-0.2, 0) is 0 Å². The van der Waals surface area contributed by atoms with Crippen molar-refractivity contribution in [2.24, 2.45) is 0 Å². The Morgan fingerprint density at radius 3 is 2.79 bits per heavy atom. The molecule has 1 aliphatic heterocycles. The van der Waals surface area contributed by atoms with Gasteiger partial charge in [0.1, 0.15) is 0 Å². The normalized spacial score (nSPS) is 20.4. The highest BCUT2D eigenvalue weighted by atomic mass is 16.2. The average molecular weight is 199 g/mol. The van der Waals surface area contributed by atoms with Crippen LogP contribution in [0.1, 0.15) is 33.1 Å². The van der Waals surface area contributed by atoms with E-state index in [0.29, 0.717) is 6.04 Å². The first-order valence-electron chi connectivity index (χ1n) is 5.46. The summed E-state index contributed by atoms with van der Waals surface area (Å²) in [6.45, 7) is 5.85. The van der Waals surface area contributed by atoms with Crippen molar-refractivity contribution in [3.63, 3.8) is 0 Å². The topological polar surface area (TPSA) is 53.2 Å². The summed E-state index contributed by atoms with van der Waals surface area (Å²) in [5.41, 5.74) is 0. The second kappa shape index (κ2) is 5.86. The minimum atomic E-state index is -0.0541. The highest BCUT2D eigenvalue weighted by Gasteiger charge is 2.14. The smallest absolute Gasteiger partial charge is 0.314 e. The van der Waals surface area contributed by atoms with Crippen LogP contribution >= 0.6 is 0 Å². The van der Waals surface area contributed by atoms with Gasteiger partial charge in [-0.25, -0.2) is 4.79 Å². The van der Waals surface area contributed by atoms with Crippen molar-refractivity contribution in [1.82, 2.24) is 16.0 Å². The molecular formula is C10H21N3O. The van der Waals surface area contributed by atoms with Crippen molar-refractivity contribution in [1.29, 1.82) is 0 Å². The summed E-state index contributed by atoms with van der Waals surface area (Å²) >= 11 is 0. The lowest BCUT2D eigenvalue weighted by Gasteiger charge is -2.27. The Bertz CT molecular complexity index is 178. The SMILES string of the molecule is CC(C)NC(=O)NCCCC1CCN1. The van der Waals surface area contributed by atoms with Crippen LogP contribution < -0.4 is 16.0 Å². The second-order valence-corrected chi connectivity index (χ2v) is 4.14. The molecule has 0 aromatic carbocycles. The van der Waals surface area contributed by atoms with E-state index in [9.17, 15) is 4.79 Å². The van der Waals surface area contributed by atoms with E-state index >= 15 is 0 Å². The molecule has 3 N–H and O–H groups in total. The molecule has 82 valence electrons. The molecular weight excluding hydrogens is 178 g/mol. The number of hydrogen-bond acceptors (Lipinski definition) is 2. The van der Waals surface area contributed by atoms with Crippen LogP contribution in [0.15, 0.2) is 0 Å². The Labute approximate surface area is 85.8 Å². The van der Waals surface area contributed by atoms with Crippen LogP contribution in [0, 0.1) is 0 Å². The first-order chi connectivity index (χ1) is 6.68. The average Bonchev–Trinajstić information content (AvgIpc) is 1.99. The van der Waals surface area contributed by atoms with Crippen LogP contribution in [0.2, 0.25) is 0 Å². The highest BCUT2D eigenvalue weighted by Crippen LogP contribution is 2.07. The standard InChI is InChI=1S/C10H21N3O/c1-8(2)13-10(14)12-6-3-4-9-5-7-11-9/h8-9,11H,3-7H2,1-2H3,(H2,12,13,14). The summed E-state index contributed by atoms with van der Waals surface area (Å²) in [7, 11) is 0. The predicted molar refractivity (Wildman–Crippen MR) is 57.3 cm³/mol. The highest BCUT2D eigenvalue weighted by molar-refractivity contribution is 5.73. The molecule has 1 fully saturated rings. The van der Waals surface area contributed by atoms with Gasteiger partial charge < -0.3 is 16.0 Å². The van der Waals surface area contributed by atoms with Crippen molar-refractivity contribution in [2.45, 2.75) is 45.2 Å². The lowest BCUT2D eigenvalue weighted by Crippen LogP contribution is -2.44. The molecule has 2 amide bonds. The van der Waals surface area contributed by atoms with Crippen molar-refractivity contribution in [2.75, 3.05) is 13.1 Å². The van der Waals surface area contributed by atoms with Gasteiger partial charge >= 0.3 is 6.03 Å². The summed E-state index contributed by atoms with van der Waals surface area (Å²) in [6.07, 6.45) is 3.52. The number of rotatable bonds is 5. The zero-order valence-electron chi connectivity index (χ0n) is 9.10. The van der Waals surface area contributed by atoms with Gasteiger partial charge in [-0.15, -0.1) is 0 Å². The van der Waals surface area contributed by atoms with Gasteiger partial charge in [0.25, 0.3) is 0 Å². The monoisotopic (exact) mass is 199 g/mol. The van der Waals surface area contributed by atoms with E-state index in [4.69, 9.17) is 0 Å². The maximum atomic E-state index is 11.1. The Balaban J connectivity index is 1.89. The van der Waals surface area contributed by atoms with Crippen LogP contribution in [0.3, 0.4) is 0 Å². The fraction of sp³-hybridized carbons (Fsp3) is 0.900. The molecule has 1 heterocycles. The van der Waals surface area contributed by atoms with Gasteiger partial charge in [-0.3, -0.25) is 0 Å². The molecule has 0 bridgehead atoms. The van der Waals surface area contributed by atoms with Gasteiger partial charge in [0.05, 0.1) is 0 Å². The third-order valence-corrected chi connectivity index (χ3v) is 2.36. The van der Waals surface area contributed by atoms with E-state index in [-0.39, 0.29) is 12.1 Å². The van der Waals surface area contributed by atoms with Gasteiger partial charge in [-0.1, -0.05) is 0 Å². The van der Waals surface area contributed by atoms with Crippen molar-refractivity contribution < 1.29 is 4.79 Å². The van der Waals surface area contributed by atoms with Crippen molar-refractivity contribution in [3.05, 3.63) is 0 Å². The summed E-state index contributed by atoms with van der Waals surface area (Å²) in [5, 5.41) is 8.97. The summed E-state index contributed by atoms with van der Waals surface area (Å²) in [4.78, 5) is 11.1. The lowest BCUT2D eigenvalue weighted by molar-refractivity contribution is 0.237. The Morgan fingerprint density at radius 1 is 1.57 bits per heavy atom. The van der Waals surface area contributed by atoms with Crippen molar-refractivity contribution >= 4 is 6.03 Å². The van der Waals surface area contributed by atoms with Gasteiger partial charge in [0.15, 0.2) is 0 Å². The quantitative estimate of drug-likeness (QED) is 0.575. The molecule has 1 saturated heterocycles. The van der Waals surface area contributed by atoms with E-state index < -0.39 is 0 Å². The minimum Gasteiger partial charge on any atom is -0.338 e. The lowest BCUT2D eigenvalue weighted by atomic mass is 10.0. The van der Waals surface area contributed by atoms with Crippen LogP contribution in [0.25, 0.3) is 0 Å². The molecule has 1 aliphatic rings. The molecule has 1 unspecified atom stereocenters. The van der Waals surface area contributed by atoms with Crippen molar-refractivity contribution in [3.8, 4) is 0 Å². The molecule has 4 nitrogen and oxygen atoms in total. The third-order valence-electron chi connectivity index (χ3n) is 2.36. The zero-order chi connectivity index (χ0) is 10.4. The van der Waals surface area contributed by atoms with Gasteiger partial charge in [0.2, 0.25) is 0 Å². The molecule has 0 aliphatic carbocycles. The van der Waals surface area contributed by atoms with Gasteiger partial charge in [-0.2, -0.15) is 0 Å². The van der Waals surface area contributed by atoms with E-state index in [1.807, 2.05) is 13.8 Å². The van der Waals surface area contributed by atoms with E-state index in [1.165, 1.54) is 12.8 Å². The number of hydrogen-bond donors (Lipinski definition) is 3. The molecule has 0 spiro atoms. The maximum absolute atomic E-state index is 11.1. The Morgan fingerprint density at radius 2 is 2.29 bits per heavy atom. The largest absolute Gasteiger partial charge is 0.338 e. The first-order valence-corrected chi connectivity index (χ1v) is 5.46. The molecule has 0 aromatic rings. The molecule has 0 radical (unpaired) electrons.